The second-order valence-corrected chi connectivity index (χ2v) is 6.80. The molecule has 0 radical (unpaired) electrons. The average Bonchev–Trinajstić information content (AvgIpc) is 2.62. The lowest BCUT2D eigenvalue weighted by molar-refractivity contribution is -0.183. The molecule has 10 heteroatoms. The van der Waals surface area contributed by atoms with E-state index in [2.05, 4.69) is 24.8 Å². The molecule has 1 aromatic carbocycles. The van der Waals surface area contributed by atoms with Gasteiger partial charge < -0.3 is 14.9 Å². The lowest BCUT2D eigenvalue weighted by atomic mass is 10.1. The summed E-state index contributed by atoms with van der Waals surface area (Å²) in [5.74, 6) is -3.96. The van der Waals surface area contributed by atoms with Crippen molar-refractivity contribution < 1.29 is 36.3 Å². The summed E-state index contributed by atoms with van der Waals surface area (Å²) in [5.41, 5.74) is 0. The van der Waals surface area contributed by atoms with Gasteiger partial charge in [-0.2, -0.15) is 17.2 Å². The van der Waals surface area contributed by atoms with Crippen molar-refractivity contribution in [1.29, 1.82) is 0 Å². The zero-order valence-corrected chi connectivity index (χ0v) is 12.7. The van der Waals surface area contributed by atoms with Crippen molar-refractivity contribution in [1.82, 2.24) is 0 Å². The molecule has 0 amide bonds. The SMILES string of the molecule is O=S(=O)(O[C@H]1O[C@H](CO)[C@@H](O)C1(F)F)c1ccc(Br)cc1. The standard InChI is InChI=1S/C11H11BrF2O6S/c12-6-1-3-7(4-2-6)21(17,18)20-10-11(13,14)9(16)8(5-15)19-10/h1-4,8-10,15-16H,5H2/t8-,9-,10-/m1/s1. The number of hydrogen-bond acceptors (Lipinski definition) is 6. The Morgan fingerprint density at radius 1 is 1.33 bits per heavy atom. The van der Waals surface area contributed by atoms with Crippen LogP contribution in [0.2, 0.25) is 0 Å². The quantitative estimate of drug-likeness (QED) is 0.743. The molecule has 1 fully saturated rings. The monoisotopic (exact) mass is 388 g/mol. The van der Waals surface area contributed by atoms with Crippen LogP contribution in [0.15, 0.2) is 33.6 Å². The summed E-state index contributed by atoms with van der Waals surface area (Å²) < 4.78 is 60.6. The Hall–Kier alpha value is -0.650. The summed E-state index contributed by atoms with van der Waals surface area (Å²) >= 11 is 3.10. The number of aliphatic hydroxyl groups is 2. The van der Waals surface area contributed by atoms with E-state index in [1.807, 2.05) is 0 Å². The third-order valence-corrected chi connectivity index (χ3v) is 4.66. The number of halogens is 3. The van der Waals surface area contributed by atoms with Crippen LogP contribution in [-0.4, -0.2) is 49.7 Å². The van der Waals surface area contributed by atoms with Crippen LogP contribution in [0.25, 0.3) is 0 Å². The number of rotatable bonds is 4. The Morgan fingerprint density at radius 2 is 1.90 bits per heavy atom. The second kappa shape index (κ2) is 5.86. The molecule has 0 spiro atoms. The number of aliphatic hydroxyl groups excluding tert-OH is 2. The Kier molecular flexibility index (Phi) is 4.66. The number of hydrogen-bond donors (Lipinski definition) is 2. The van der Waals surface area contributed by atoms with Gasteiger partial charge in [0.05, 0.1) is 11.5 Å². The first-order valence-corrected chi connectivity index (χ1v) is 7.89. The lowest BCUT2D eigenvalue weighted by Gasteiger charge is -2.19. The van der Waals surface area contributed by atoms with Gasteiger partial charge in [0.15, 0.2) is 6.10 Å². The number of benzene rings is 1. The van der Waals surface area contributed by atoms with Gasteiger partial charge in [0.25, 0.3) is 10.1 Å². The molecule has 21 heavy (non-hydrogen) atoms. The minimum atomic E-state index is -4.51. The van der Waals surface area contributed by atoms with Crippen molar-refractivity contribution in [2.24, 2.45) is 0 Å². The van der Waals surface area contributed by atoms with Gasteiger partial charge in [-0.05, 0) is 24.3 Å². The molecule has 3 atom stereocenters. The first-order valence-electron chi connectivity index (χ1n) is 5.69. The third kappa shape index (κ3) is 3.25. The van der Waals surface area contributed by atoms with Crippen LogP contribution in [-0.2, 0) is 19.0 Å². The van der Waals surface area contributed by atoms with Crippen molar-refractivity contribution in [3.8, 4) is 0 Å². The molecule has 0 aromatic heterocycles. The van der Waals surface area contributed by atoms with Crippen molar-refractivity contribution >= 4 is 26.0 Å². The molecule has 6 nitrogen and oxygen atoms in total. The first-order chi connectivity index (χ1) is 9.68. The van der Waals surface area contributed by atoms with Gasteiger partial charge in [0.1, 0.15) is 6.10 Å². The second-order valence-electron chi connectivity index (χ2n) is 4.31. The Bertz CT molecular complexity index is 606. The lowest BCUT2D eigenvalue weighted by Crippen LogP contribution is -2.42. The van der Waals surface area contributed by atoms with Crippen molar-refractivity contribution in [2.45, 2.75) is 29.3 Å². The number of ether oxygens (including phenoxy) is 1. The van der Waals surface area contributed by atoms with Gasteiger partial charge in [-0.25, -0.2) is 4.18 Å². The minimum Gasteiger partial charge on any atom is -0.394 e. The van der Waals surface area contributed by atoms with Gasteiger partial charge >= 0.3 is 5.92 Å². The van der Waals surface area contributed by atoms with Crippen molar-refractivity contribution in [3.05, 3.63) is 28.7 Å². The zero-order chi connectivity index (χ0) is 15.8. The van der Waals surface area contributed by atoms with E-state index in [0.717, 1.165) is 12.1 Å². The number of alkyl halides is 2. The topological polar surface area (TPSA) is 93.1 Å². The highest BCUT2D eigenvalue weighted by Crippen LogP contribution is 2.38. The largest absolute Gasteiger partial charge is 0.394 e. The van der Waals surface area contributed by atoms with Crippen molar-refractivity contribution in [2.75, 3.05) is 6.61 Å². The van der Waals surface area contributed by atoms with E-state index in [9.17, 15) is 22.3 Å². The molecular formula is C11H11BrF2O6S. The predicted octanol–water partition coefficient (Wildman–Crippen LogP) is 0.868. The van der Waals surface area contributed by atoms with E-state index >= 15 is 0 Å². The summed E-state index contributed by atoms with van der Waals surface area (Å²) in [4.78, 5) is -0.341. The van der Waals surface area contributed by atoms with Gasteiger partial charge in [-0.1, -0.05) is 15.9 Å². The minimum absolute atomic E-state index is 0.341. The molecule has 0 unspecified atom stereocenters. The molecular weight excluding hydrogens is 378 g/mol. The Morgan fingerprint density at radius 3 is 2.38 bits per heavy atom. The fourth-order valence-corrected chi connectivity index (χ4v) is 2.96. The molecule has 1 aliphatic heterocycles. The summed E-state index contributed by atoms with van der Waals surface area (Å²) in [7, 11) is -4.51. The molecule has 1 aromatic rings. The van der Waals surface area contributed by atoms with E-state index < -0.39 is 41.1 Å². The van der Waals surface area contributed by atoms with E-state index in [1.165, 1.54) is 12.1 Å². The smallest absolute Gasteiger partial charge is 0.326 e. The molecule has 2 rings (SSSR count). The van der Waals surface area contributed by atoms with Crippen LogP contribution in [0.4, 0.5) is 8.78 Å². The van der Waals surface area contributed by atoms with E-state index in [-0.39, 0.29) is 4.90 Å². The molecule has 1 heterocycles. The van der Waals surface area contributed by atoms with Crippen LogP contribution >= 0.6 is 15.9 Å². The predicted molar refractivity (Wildman–Crippen MR) is 69.1 cm³/mol. The van der Waals surface area contributed by atoms with Crippen molar-refractivity contribution in [3.63, 3.8) is 0 Å². The average molecular weight is 389 g/mol. The maximum Gasteiger partial charge on any atom is 0.326 e. The van der Waals surface area contributed by atoms with Crippen LogP contribution in [0.5, 0.6) is 0 Å². The summed E-state index contributed by atoms with van der Waals surface area (Å²) in [5, 5.41) is 18.1. The van der Waals surface area contributed by atoms with E-state index in [0.29, 0.717) is 4.47 Å². The van der Waals surface area contributed by atoms with Gasteiger partial charge in [0, 0.05) is 4.47 Å². The van der Waals surface area contributed by atoms with Crippen LogP contribution in [0.1, 0.15) is 0 Å². The Labute approximate surface area is 127 Å². The maximum absolute atomic E-state index is 13.7. The summed E-state index contributed by atoms with van der Waals surface area (Å²) in [6, 6.07) is 5.11. The van der Waals surface area contributed by atoms with Gasteiger partial charge in [0.2, 0.25) is 6.29 Å². The maximum atomic E-state index is 13.7. The molecule has 1 saturated heterocycles. The summed E-state index contributed by atoms with van der Waals surface area (Å²) in [6.07, 6.45) is -6.48. The van der Waals surface area contributed by atoms with Crippen LogP contribution < -0.4 is 0 Å². The molecule has 0 aliphatic carbocycles. The van der Waals surface area contributed by atoms with Gasteiger partial charge in [-0.15, -0.1) is 0 Å². The first kappa shape index (κ1) is 16.7. The van der Waals surface area contributed by atoms with E-state index in [1.54, 1.807) is 0 Å². The highest BCUT2D eigenvalue weighted by atomic mass is 79.9. The zero-order valence-electron chi connectivity index (χ0n) is 10.3. The normalized spacial score (nSPS) is 28.7. The molecule has 2 N–H and O–H groups in total. The fraction of sp³-hybridized carbons (Fsp3) is 0.455. The van der Waals surface area contributed by atoms with Crippen LogP contribution in [0.3, 0.4) is 0 Å². The highest BCUT2D eigenvalue weighted by molar-refractivity contribution is 9.10. The third-order valence-electron chi connectivity index (χ3n) is 2.86. The van der Waals surface area contributed by atoms with E-state index in [4.69, 9.17) is 5.11 Å². The Balaban J connectivity index is 2.23. The highest BCUT2D eigenvalue weighted by Gasteiger charge is 2.60. The summed E-state index contributed by atoms with van der Waals surface area (Å²) in [6.45, 7) is -0.894. The van der Waals surface area contributed by atoms with Gasteiger partial charge in [-0.3, -0.25) is 0 Å². The molecule has 0 saturated carbocycles. The molecule has 1 aliphatic rings. The molecule has 0 bridgehead atoms. The molecule has 118 valence electrons. The fourth-order valence-electron chi connectivity index (χ4n) is 1.71. The van der Waals surface area contributed by atoms with Crippen LogP contribution in [0, 0.1) is 0 Å².